The van der Waals surface area contributed by atoms with E-state index in [1.54, 1.807) is 12.4 Å². The summed E-state index contributed by atoms with van der Waals surface area (Å²) >= 11 is 0. The summed E-state index contributed by atoms with van der Waals surface area (Å²) in [6.45, 7) is 4.38. The van der Waals surface area contributed by atoms with E-state index in [1.807, 2.05) is 48.5 Å². The SMILES string of the molecule is CC(C)c1cc(-c2ccccc2)c2ccc3ccc(-c4cccc(-c5cccc(-c6nc(-c7ccccc7)nc(-c7ccncc7)n6)c5)c4)nc3c2n1. The lowest BCUT2D eigenvalue weighted by Gasteiger charge is -2.14. The summed E-state index contributed by atoms with van der Waals surface area (Å²) < 4.78 is 0. The smallest absolute Gasteiger partial charge is 0.164 e. The maximum Gasteiger partial charge on any atom is 0.164 e. The Bertz CT molecular complexity index is 2690. The summed E-state index contributed by atoms with van der Waals surface area (Å²) in [7, 11) is 0. The molecule has 0 bridgehead atoms. The van der Waals surface area contributed by atoms with E-state index in [9.17, 15) is 0 Å². The second kappa shape index (κ2) is 13.7. The van der Waals surface area contributed by atoms with Crippen LogP contribution in [0.25, 0.3) is 89.5 Å². The fraction of sp³-hybridized carbons (Fsp3) is 0.0638. The molecule has 0 unspecified atom stereocenters. The van der Waals surface area contributed by atoms with Gasteiger partial charge in [0.15, 0.2) is 17.5 Å². The van der Waals surface area contributed by atoms with Crippen molar-refractivity contribution in [2.24, 2.45) is 0 Å². The van der Waals surface area contributed by atoms with Gasteiger partial charge in [-0.1, -0.05) is 129 Å². The van der Waals surface area contributed by atoms with Gasteiger partial charge in [0, 0.05) is 51.1 Å². The molecule has 0 amide bonds. The molecule has 0 atom stereocenters. The second-order valence-corrected chi connectivity index (χ2v) is 13.4. The van der Waals surface area contributed by atoms with E-state index in [4.69, 9.17) is 24.9 Å². The van der Waals surface area contributed by atoms with Gasteiger partial charge in [0.05, 0.1) is 16.7 Å². The summed E-state index contributed by atoms with van der Waals surface area (Å²) in [6.07, 6.45) is 3.51. The maximum absolute atomic E-state index is 5.29. The maximum atomic E-state index is 5.29. The van der Waals surface area contributed by atoms with Crippen LogP contribution in [-0.4, -0.2) is 29.9 Å². The molecule has 0 radical (unpaired) electrons. The zero-order valence-electron chi connectivity index (χ0n) is 29.3. The van der Waals surface area contributed by atoms with Gasteiger partial charge in [-0.05, 0) is 64.6 Å². The summed E-state index contributed by atoms with van der Waals surface area (Å²) in [5, 5.41) is 2.17. The summed E-state index contributed by atoms with van der Waals surface area (Å²) in [5.74, 6) is 2.10. The van der Waals surface area contributed by atoms with Crippen molar-refractivity contribution >= 4 is 21.8 Å². The van der Waals surface area contributed by atoms with Gasteiger partial charge in [-0.2, -0.15) is 0 Å². The molecule has 9 rings (SSSR count). The van der Waals surface area contributed by atoms with Gasteiger partial charge in [0.1, 0.15) is 0 Å². The van der Waals surface area contributed by atoms with Crippen molar-refractivity contribution in [3.63, 3.8) is 0 Å². The van der Waals surface area contributed by atoms with Crippen molar-refractivity contribution in [3.8, 4) is 67.7 Å². The Balaban J connectivity index is 1.13. The van der Waals surface area contributed by atoms with Gasteiger partial charge >= 0.3 is 0 Å². The number of aromatic nitrogens is 6. The van der Waals surface area contributed by atoms with Crippen LogP contribution < -0.4 is 0 Å². The fourth-order valence-electron chi connectivity index (χ4n) is 6.75. The molecule has 9 aromatic rings. The minimum absolute atomic E-state index is 0.275. The predicted molar refractivity (Wildman–Crippen MR) is 215 cm³/mol. The summed E-state index contributed by atoms with van der Waals surface area (Å²) in [4.78, 5) is 29.4. The van der Waals surface area contributed by atoms with Crippen molar-refractivity contribution in [1.29, 1.82) is 0 Å². The van der Waals surface area contributed by atoms with Crippen LogP contribution in [0.2, 0.25) is 0 Å². The third-order valence-corrected chi connectivity index (χ3v) is 9.55. The lowest BCUT2D eigenvalue weighted by molar-refractivity contribution is 0.831. The average molecular weight is 683 g/mol. The normalized spacial score (nSPS) is 11.4. The number of pyridine rings is 3. The topological polar surface area (TPSA) is 77.3 Å². The zero-order valence-corrected chi connectivity index (χ0v) is 29.3. The van der Waals surface area contributed by atoms with E-state index in [0.29, 0.717) is 17.5 Å². The highest BCUT2D eigenvalue weighted by atomic mass is 15.0. The van der Waals surface area contributed by atoms with Crippen molar-refractivity contribution < 1.29 is 0 Å². The molecule has 0 fully saturated rings. The van der Waals surface area contributed by atoms with Crippen LogP contribution in [-0.2, 0) is 0 Å². The first kappa shape index (κ1) is 32.0. The Labute approximate surface area is 308 Å². The van der Waals surface area contributed by atoms with Crippen LogP contribution in [0.4, 0.5) is 0 Å². The predicted octanol–water partition coefficient (Wildman–Crippen LogP) is 11.5. The van der Waals surface area contributed by atoms with E-state index >= 15 is 0 Å². The highest BCUT2D eigenvalue weighted by molar-refractivity contribution is 6.08. The first-order valence-electron chi connectivity index (χ1n) is 17.8. The minimum Gasteiger partial charge on any atom is -0.265 e. The first-order chi connectivity index (χ1) is 26.1. The van der Waals surface area contributed by atoms with Gasteiger partial charge in [0.2, 0.25) is 0 Å². The van der Waals surface area contributed by atoms with Gasteiger partial charge in [-0.15, -0.1) is 0 Å². The van der Waals surface area contributed by atoms with Gasteiger partial charge in [0.25, 0.3) is 0 Å². The van der Waals surface area contributed by atoms with Crippen LogP contribution in [0.5, 0.6) is 0 Å². The highest BCUT2D eigenvalue weighted by Gasteiger charge is 2.16. The van der Waals surface area contributed by atoms with E-state index in [0.717, 1.165) is 66.6 Å². The van der Waals surface area contributed by atoms with Crippen molar-refractivity contribution in [2.75, 3.05) is 0 Å². The third-order valence-electron chi connectivity index (χ3n) is 9.55. The molecule has 0 aliphatic rings. The quantitative estimate of drug-likeness (QED) is 0.156. The number of hydrogen-bond acceptors (Lipinski definition) is 6. The number of rotatable bonds is 7. The van der Waals surface area contributed by atoms with E-state index in [-0.39, 0.29) is 5.92 Å². The number of fused-ring (bicyclic) bond motifs is 3. The summed E-state index contributed by atoms with van der Waals surface area (Å²) in [5.41, 5.74) is 12.0. The van der Waals surface area contributed by atoms with Crippen LogP contribution in [0.1, 0.15) is 25.5 Å². The number of nitrogens with zero attached hydrogens (tertiary/aromatic N) is 6. The van der Waals surface area contributed by atoms with Crippen molar-refractivity contribution in [1.82, 2.24) is 29.9 Å². The minimum atomic E-state index is 0.275. The zero-order chi connectivity index (χ0) is 35.7. The highest BCUT2D eigenvalue weighted by Crippen LogP contribution is 2.36. The largest absolute Gasteiger partial charge is 0.265 e. The molecular formula is C47H34N6. The molecule has 53 heavy (non-hydrogen) atoms. The van der Waals surface area contributed by atoms with Crippen LogP contribution in [0.3, 0.4) is 0 Å². The van der Waals surface area contributed by atoms with Crippen LogP contribution in [0.15, 0.2) is 164 Å². The molecule has 6 heteroatoms. The second-order valence-electron chi connectivity index (χ2n) is 13.4. The van der Waals surface area contributed by atoms with E-state index in [2.05, 4.69) is 122 Å². The first-order valence-corrected chi connectivity index (χ1v) is 17.8. The molecule has 0 saturated carbocycles. The van der Waals surface area contributed by atoms with Gasteiger partial charge in [-0.3, -0.25) is 9.97 Å². The number of benzene rings is 5. The van der Waals surface area contributed by atoms with Gasteiger partial charge < -0.3 is 0 Å². The molecular weight excluding hydrogens is 649 g/mol. The Morgan fingerprint density at radius 2 is 0.943 bits per heavy atom. The molecule has 6 nitrogen and oxygen atoms in total. The summed E-state index contributed by atoms with van der Waals surface area (Å²) in [6, 6.07) is 52.1. The van der Waals surface area contributed by atoms with Crippen molar-refractivity contribution in [3.05, 3.63) is 170 Å². The van der Waals surface area contributed by atoms with E-state index < -0.39 is 0 Å². The molecule has 0 saturated heterocycles. The molecule has 0 N–H and O–H groups in total. The Morgan fingerprint density at radius 1 is 0.396 bits per heavy atom. The molecule has 252 valence electrons. The molecule has 5 aromatic carbocycles. The Hall–Kier alpha value is -6.92. The molecule has 0 aliphatic carbocycles. The van der Waals surface area contributed by atoms with Crippen molar-refractivity contribution in [2.45, 2.75) is 19.8 Å². The monoisotopic (exact) mass is 682 g/mol. The van der Waals surface area contributed by atoms with E-state index in [1.165, 1.54) is 11.1 Å². The number of hydrogen-bond donors (Lipinski definition) is 0. The fourth-order valence-corrected chi connectivity index (χ4v) is 6.75. The Kier molecular flexibility index (Phi) is 8.25. The molecule has 0 aliphatic heterocycles. The van der Waals surface area contributed by atoms with Crippen LogP contribution in [0, 0.1) is 0 Å². The van der Waals surface area contributed by atoms with Gasteiger partial charge in [-0.25, -0.2) is 19.9 Å². The lowest BCUT2D eigenvalue weighted by Crippen LogP contribution is -2.00. The lowest BCUT2D eigenvalue weighted by atomic mass is 9.96. The third kappa shape index (κ3) is 6.32. The standard InChI is InChI=1S/C47H34N6/c1-30(2)42-29-40(31-11-5-3-6-12-31)39-21-19-32-20-22-41(49-43(32)44(39)50-42)37-17-9-15-35(27-37)36-16-10-18-38(28-36)47-52-45(33-13-7-4-8-14-33)51-46(53-47)34-23-25-48-26-24-34/h3-30H,1-2H3. The molecule has 4 heterocycles. The van der Waals surface area contributed by atoms with Crippen LogP contribution >= 0.6 is 0 Å². The average Bonchev–Trinajstić information content (AvgIpc) is 3.24. The molecule has 4 aromatic heterocycles. The molecule has 0 spiro atoms. The Morgan fingerprint density at radius 3 is 1.62 bits per heavy atom.